The summed E-state index contributed by atoms with van der Waals surface area (Å²) in [6.45, 7) is 1.46. The molecule has 0 saturated heterocycles. The highest BCUT2D eigenvalue weighted by atomic mass is 19.4. The van der Waals surface area contributed by atoms with Crippen molar-refractivity contribution in [3.8, 4) is 5.75 Å². The lowest BCUT2D eigenvalue weighted by molar-refractivity contribution is -0.144. The van der Waals surface area contributed by atoms with Crippen LogP contribution in [0, 0.1) is 0 Å². The minimum atomic E-state index is -5.00. The summed E-state index contributed by atoms with van der Waals surface area (Å²) in [5, 5.41) is 0. The Morgan fingerprint density at radius 3 is 2.43 bits per heavy atom. The Morgan fingerprint density at radius 1 is 1.38 bits per heavy atom. The van der Waals surface area contributed by atoms with E-state index >= 15 is 0 Å². The van der Waals surface area contributed by atoms with Gasteiger partial charge in [0.15, 0.2) is 5.69 Å². The molecule has 0 aromatic carbocycles. The third-order valence-corrected chi connectivity index (χ3v) is 2.44. The number of alkyl halides is 5. The Balaban J connectivity index is 3.40. The zero-order valence-corrected chi connectivity index (χ0v) is 11.1. The van der Waals surface area contributed by atoms with Gasteiger partial charge in [-0.3, -0.25) is 4.79 Å². The van der Waals surface area contributed by atoms with Crippen LogP contribution in [0.2, 0.25) is 0 Å². The van der Waals surface area contributed by atoms with E-state index in [0.29, 0.717) is 6.07 Å². The maximum absolute atomic E-state index is 12.9. The van der Waals surface area contributed by atoms with Crippen molar-refractivity contribution in [2.45, 2.75) is 25.9 Å². The van der Waals surface area contributed by atoms with Gasteiger partial charge in [-0.1, -0.05) is 0 Å². The molecular formula is C12H12F5NO3. The summed E-state index contributed by atoms with van der Waals surface area (Å²) in [5.41, 5.74) is -3.29. The predicted molar refractivity (Wildman–Crippen MR) is 61.1 cm³/mol. The first-order chi connectivity index (χ1) is 9.70. The number of ether oxygens (including phenoxy) is 2. The highest BCUT2D eigenvalue weighted by Gasteiger charge is 2.38. The van der Waals surface area contributed by atoms with E-state index in [1.807, 2.05) is 0 Å². The van der Waals surface area contributed by atoms with Crippen molar-refractivity contribution in [3.05, 3.63) is 23.0 Å². The van der Waals surface area contributed by atoms with Gasteiger partial charge in [-0.15, -0.1) is 0 Å². The summed E-state index contributed by atoms with van der Waals surface area (Å²) in [5.74, 6) is -1.42. The van der Waals surface area contributed by atoms with E-state index in [9.17, 15) is 26.7 Å². The number of hydrogen-bond donors (Lipinski definition) is 0. The van der Waals surface area contributed by atoms with Crippen LogP contribution < -0.4 is 4.74 Å². The first-order valence-electron chi connectivity index (χ1n) is 5.79. The normalized spacial score (nSPS) is 11.6. The summed E-state index contributed by atoms with van der Waals surface area (Å²) >= 11 is 0. The Kier molecular flexibility index (Phi) is 5.45. The van der Waals surface area contributed by atoms with Crippen molar-refractivity contribution < 1.29 is 36.2 Å². The van der Waals surface area contributed by atoms with Crippen LogP contribution in [0.25, 0.3) is 0 Å². The van der Waals surface area contributed by atoms with Gasteiger partial charge >= 0.3 is 12.1 Å². The number of methoxy groups -OCH3 is 1. The standard InChI is InChI=1S/C12H12F5NO3/c1-3-21-9(19)4-6-8(20-2)5-7(11(13)14)18-10(6)12(15,16)17/h5,11H,3-4H2,1-2H3. The number of halogens is 5. The minimum Gasteiger partial charge on any atom is -0.496 e. The fourth-order valence-corrected chi connectivity index (χ4v) is 1.62. The van der Waals surface area contributed by atoms with Gasteiger partial charge in [0.1, 0.15) is 11.4 Å². The molecule has 0 saturated carbocycles. The van der Waals surface area contributed by atoms with E-state index in [0.717, 1.165) is 7.11 Å². The fraction of sp³-hybridized carbons (Fsp3) is 0.500. The zero-order chi connectivity index (χ0) is 16.2. The Labute approximate surface area is 116 Å². The molecule has 0 fully saturated rings. The molecule has 0 aliphatic rings. The van der Waals surface area contributed by atoms with Gasteiger partial charge in [-0.05, 0) is 6.92 Å². The van der Waals surface area contributed by atoms with Crippen LogP contribution in [-0.4, -0.2) is 24.7 Å². The van der Waals surface area contributed by atoms with Crippen molar-refractivity contribution in [2.75, 3.05) is 13.7 Å². The van der Waals surface area contributed by atoms with E-state index in [-0.39, 0.29) is 6.61 Å². The molecule has 0 N–H and O–H groups in total. The molecule has 1 aromatic heterocycles. The molecule has 0 spiro atoms. The molecule has 0 bridgehead atoms. The zero-order valence-electron chi connectivity index (χ0n) is 11.1. The molecule has 0 amide bonds. The lowest BCUT2D eigenvalue weighted by Crippen LogP contribution is -2.18. The number of carbonyl (C=O) groups is 1. The first kappa shape index (κ1) is 17.1. The molecule has 1 aromatic rings. The topological polar surface area (TPSA) is 48.4 Å². The van der Waals surface area contributed by atoms with E-state index < -0.39 is 47.7 Å². The minimum absolute atomic E-state index is 0.0228. The van der Waals surface area contributed by atoms with E-state index in [1.165, 1.54) is 6.92 Å². The van der Waals surface area contributed by atoms with Crippen molar-refractivity contribution in [1.82, 2.24) is 4.98 Å². The smallest absolute Gasteiger partial charge is 0.433 e. The summed E-state index contributed by atoms with van der Waals surface area (Å²) < 4.78 is 73.2. The monoisotopic (exact) mass is 313 g/mol. The van der Waals surface area contributed by atoms with Gasteiger partial charge in [-0.2, -0.15) is 13.2 Å². The largest absolute Gasteiger partial charge is 0.496 e. The molecule has 0 aliphatic heterocycles. The summed E-state index contributed by atoms with van der Waals surface area (Å²) in [6, 6.07) is 0.675. The Morgan fingerprint density at radius 2 is 2.00 bits per heavy atom. The van der Waals surface area contributed by atoms with Crippen LogP contribution in [0.4, 0.5) is 22.0 Å². The maximum atomic E-state index is 12.9. The van der Waals surface area contributed by atoms with Crippen LogP contribution >= 0.6 is 0 Å². The average Bonchev–Trinajstić information content (AvgIpc) is 2.37. The highest BCUT2D eigenvalue weighted by Crippen LogP contribution is 2.37. The Bertz CT molecular complexity index is 516. The van der Waals surface area contributed by atoms with Gasteiger partial charge < -0.3 is 9.47 Å². The molecule has 0 aliphatic carbocycles. The maximum Gasteiger partial charge on any atom is 0.433 e. The summed E-state index contributed by atoms with van der Waals surface area (Å²) in [6.07, 6.45) is -8.97. The van der Waals surface area contributed by atoms with Crippen LogP contribution in [0.15, 0.2) is 6.07 Å². The number of pyridine rings is 1. The molecule has 0 atom stereocenters. The quantitative estimate of drug-likeness (QED) is 0.619. The van der Waals surface area contributed by atoms with Crippen LogP contribution in [0.5, 0.6) is 5.75 Å². The molecule has 0 unspecified atom stereocenters. The van der Waals surface area contributed by atoms with Crippen LogP contribution in [-0.2, 0) is 22.1 Å². The first-order valence-corrected chi connectivity index (χ1v) is 5.79. The second kappa shape index (κ2) is 6.68. The molecule has 21 heavy (non-hydrogen) atoms. The molecular weight excluding hydrogens is 301 g/mol. The van der Waals surface area contributed by atoms with E-state index in [1.54, 1.807) is 0 Å². The molecule has 1 rings (SSSR count). The van der Waals surface area contributed by atoms with Gasteiger partial charge in [0.05, 0.1) is 20.1 Å². The molecule has 0 radical (unpaired) electrons. The van der Waals surface area contributed by atoms with E-state index in [2.05, 4.69) is 14.5 Å². The number of carbonyl (C=O) groups excluding carboxylic acids is 1. The van der Waals surface area contributed by atoms with Gasteiger partial charge in [-0.25, -0.2) is 13.8 Å². The molecule has 118 valence electrons. The number of aromatic nitrogens is 1. The highest BCUT2D eigenvalue weighted by molar-refractivity contribution is 5.74. The number of hydrogen-bond acceptors (Lipinski definition) is 4. The van der Waals surface area contributed by atoms with E-state index in [4.69, 9.17) is 0 Å². The average molecular weight is 313 g/mol. The summed E-state index contributed by atoms with van der Waals surface area (Å²) in [4.78, 5) is 14.3. The second-order valence-electron chi connectivity index (χ2n) is 3.86. The fourth-order valence-electron chi connectivity index (χ4n) is 1.62. The van der Waals surface area contributed by atoms with Crippen molar-refractivity contribution in [2.24, 2.45) is 0 Å². The molecule has 1 heterocycles. The van der Waals surface area contributed by atoms with Crippen LogP contribution in [0.3, 0.4) is 0 Å². The third-order valence-electron chi connectivity index (χ3n) is 2.44. The molecule has 4 nitrogen and oxygen atoms in total. The van der Waals surface area contributed by atoms with Gasteiger partial charge in [0.25, 0.3) is 6.43 Å². The number of rotatable bonds is 5. The van der Waals surface area contributed by atoms with Crippen molar-refractivity contribution in [1.29, 1.82) is 0 Å². The van der Waals surface area contributed by atoms with Gasteiger partial charge in [0, 0.05) is 11.6 Å². The number of esters is 1. The lowest BCUT2D eigenvalue weighted by atomic mass is 10.1. The Hall–Kier alpha value is -1.93. The number of nitrogens with zero attached hydrogens (tertiary/aromatic N) is 1. The summed E-state index contributed by atoms with van der Waals surface area (Å²) in [7, 11) is 1.01. The van der Waals surface area contributed by atoms with Gasteiger partial charge in [0.2, 0.25) is 0 Å². The van der Waals surface area contributed by atoms with Crippen molar-refractivity contribution >= 4 is 5.97 Å². The van der Waals surface area contributed by atoms with Crippen molar-refractivity contribution in [3.63, 3.8) is 0 Å². The second-order valence-corrected chi connectivity index (χ2v) is 3.86. The lowest BCUT2D eigenvalue weighted by Gasteiger charge is -2.16. The molecule has 9 heteroatoms. The van der Waals surface area contributed by atoms with Crippen LogP contribution in [0.1, 0.15) is 30.3 Å². The SMILES string of the molecule is CCOC(=O)Cc1c(OC)cc(C(F)F)nc1C(F)(F)F. The third kappa shape index (κ3) is 4.27. The predicted octanol–water partition coefficient (Wildman–Crippen LogP) is 3.15.